The second-order valence-electron chi connectivity index (χ2n) is 7.21. The lowest BCUT2D eigenvalue weighted by Gasteiger charge is -2.36. The van der Waals surface area contributed by atoms with Gasteiger partial charge in [-0.3, -0.25) is 4.90 Å². The molecule has 1 saturated heterocycles. The Morgan fingerprint density at radius 3 is 2.71 bits per heavy atom. The maximum Gasteiger partial charge on any atom is 0.513 e. The van der Waals surface area contributed by atoms with Crippen LogP contribution < -0.4 is 14.4 Å². The molecule has 2 aromatic carbocycles. The summed E-state index contributed by atoms with van der Waals surface area (Å²) in [5.74, 6) is 0.861. The Kier molecular flexibility index (Phi) is 6.48. The molecular weight excluding hydrogens is 464 g/mol. The average Bonchev–Trinajstić information content (AvgIpc) is 3.17. The normalized spacial score (nSPS) is 14.5. The zero-order chi connectivity index (χ0) is 21.8. The minimum Gasteiger partial charge on any atom is -0.489 e. The van der Waals surface area contributed by atoms with Crippen molar-refractivity contribution in [2.75, 3.05) is 37.7 Å². The van der Waals surface area contributed by atoms with E-state index in [1.165, 1.54) is 5.56 Å². The van der Waals surface area contributed by atoms with Gasteiger partial charge in [0.1, 0.15) is 17.9 Å². The van der Waals surface area contributed by atoms with Gasteiger partial charge in [0.15, 0.2) is 0 Å². The number of hydrogen-bond acceptors (Lipinski definition) is 6. The van der Waals surface area contributed by atoms with Crippen molar-refractivity contribution in [3.63, 3.8) is 0 Å². The number of hydrogen-bond donors (Lipinski definition) is 1. The van der Waals surface area contributed by atoms with Crippen molar-refractivity contribution in [2.24, 2.45) is 0 Å². The van der Waals surface area contributed by atoms with Crippen LogP contribution in [-0.2, 0) is 6.54 Å². The fourth-order valence-electron chi connectivity index (χ4n) is 3.74. The van der Waals surface area contributed by atoms with Gasteiger partial charge in [0.05, 0.1) is 10.2 Å². The van der Waals surface area contributed by atoms with Gasteiger partial charge >= 0.3 is 6.16 Å². The van der Waals surface area contributed by atoms with Crippen LogP contribution in [0.25, 0.3) is 11.0 Å². The molecule has 1 fully saturated rings. The fourth-order valence-corrected chi connectivity index (χ4v) is 4.43. The van der Waals surface area contributed by atoms with Gasteiger partial charge in [0, 0.05) is 49.7 Å². The highest BCUT2D eigenvalue weighted by Gasteiger charge is 2.22. The second kappa shape index (κ2) is 9.45. The number of piperazine rings is 1. The molecule has 0 spiro atoms. The van der Waals surface area contributed by atoms with Crippen LogP contribution in [0.1, 0.15) is 5.56 Å². The molecule has 31 heavy (non-hydrogen) atoms. The number of rotatable bonds is 7. The number of carboxylic acid groups (broad SMARTS) is 1. The third-order valence-corrected chi connectivity index (χ3v) is 6.05. The number of fused-ring (bicyclic) bond motifs is 1. The first kappa shape index (κ1) is 21.3. The van der Waals surface area contributed by atoms with E-state index in [1.54, 1.807) is 12.1 Å². The molecule has 1 aliphatic rings. The van der Waals surface area contributed by atoms with Gasteiger partial charge in [0.2, 0.25) is 0 Å². The van der Waals surface area contributed by atoms with Gasteiger partial charge < -0.3 is 23.9 Å². The molecular formula is C23H23BrN2O5. The van der Waals surface area contributed by atoms with E-state index < -0.39 is 6.16 Å². The number of benzene rings is 2. The Morgan fingerprint density at radius 2 is 1.97 bits per heavy atom. The standard InChI is InChI=1S/C23H23BrN2O5/c1-2-13-29-19-6-4-3-5-16(19)15-25-9-11-26(12-10-25)18-7-8-20-17(22(18)24)14-21(30-20)31-23(27)28/h2-8,14H,1,9-13,15H2,(H,27,28). The molecule has 4 rings (SSSR count). The third kappa shape index (κ3) is 4.86. The minimum atomic E-state index is -1.40. The topological polar surface area (TPSA) is 75.4 Å². The van der Waals surface area contributed by atoms with Crippen LogP contribution in [0.15, 0.2) is 64.0 Å². The number of nitrogens with zero attached hydrogens (tertiary/aromatic N) is 2. The molecule has 0 aliphatic carbocycles. The van der Waals surface area contributed by atoms with Crippen LogP contribution in [0.3, 0.4) is 0 Å². The van der Waals surface area contributed by atoms with Crippen molar-refractivity contribution in [3.05, 3.63) is 65.2 Å². The van der Waals surface area contributed by atoms with E-state index in [0.717, 1.165) is 54.0 Å². The van der Waals surface area contributed by atoms with Crippen LogP contribution >= 0.6 is 15.9 Å². The molecule has 162 valence electrons. The Balaban J connectivity index is 1.43. The molecule has 0 atom stereocenters. The van der Waals surface area contributed by atoms with Crippen LogP contribution in [0, 0.1) is 0 Å². The number of para-hydroxylation sites is 1. The zero-order valence-corrected chi connectivity index (χ0v) is 18.5. The van der Waals surface area contributed by atoms with Crippen LogP contribution in [-0.4, -0.2) is 48.9 Å². The summed E-state index contributed by atoms with van der Waals surface area (Å²) >= 11 is 3.66. The lowest BCUT2D eigenvalue weighted by atomic mass is 10.1. The molecule has 2 heterocycles. The minimum absolute atomic E-state index is 0.0393. The summed E-state index contributed by atoms with van der Waals surface area (Å²) in [4.78, 5) is 15.5. The summed E-state index contributed by atoms with van der Waals surface area (Å²) < 4.78 is 16.7. The van der Waals surface area contributed by atoms with Crippen molar-refractivity contribution < 1.29 is 23.8 Å². The van der Waals surface area contributed by atoms with E-state index in [4.69, 9.17) is 14.3 Å². The second-order valence-corrected chi connectivity index (χ2v) is 8.01. The smallest absolute Gasteiger partial charge is 0.489 e. The Labute approximate surface area is 188 Å². The van der Waals surface area contributed by atoms with Gasteiger partial charge in [-0.25, -0.2) is 4.79 Å². The zero-order valence-electron chi connectivity index (χ0n) is 16.9. The predicted molar refractivity (Wildman–Crippen MR) is 122 cm³/mol. The molecule has 1 aliphatic heterocycles. The molecule has 0 unspecified atom stereocenters. The lowest BCUT2D eigenvalue weighted by molar-refractivity contribution is 0.134. The summed E-state index contributed by atoms with van der Waals surface area (Å²) in [6, 6.07) is 13.5. The molecule has 1 aromatic heterocycles. The summed E-state index contributed by atoms with van der Waals surface area (Å²) in [5, 5.41) is 9.57. The Bertz CT molecular complexity index is 1090. The quantitative estimate of drug-likeness (QED) is 0.366. The number of ether oxygens (including phenoxy) is 2. The Hall–Kier alpha value is -2.97. The summed E-state index contributed by atoms with van der Waals surface area (Å²) in [7, 11) is 0. The van der Waals surface area contributed by atoms with E-state index in [0.29, 0.717) is 12.2 Å². The first-order valence-electron chi connectivity index (χ1n) is 9.97. The fraction of sp³-hybridized carbons (Fsp3) is 0.261. The van der Waals surface area contributed by atoms with E-state index >= 15 is 0 Å². The summed E-state index contributed by atoms with van der Waals surface area (Å²) in [6.07, 6.45) is 0.351. The van der Waals surface area contributed by atoms with Crippen LogP contribution in [0.4, 0.5) is 10.5 Å². The van der Waals surface area contributed by atoms with E-state index in [1.807, 2.05) is 30.3 Å². The monoisotopic (exact) mass is 486 g/mol. The highest BCUT2D eigenvalue weighted by atomic mass is 79.9. The summed E-state index contributed by atoms with van der Waals surface area (Å²) in [5.41, 5.74) is 2.79. The van der Waals surface area contributed by atoms with E-state index in [9.17, 15) is 4.79 Å². The van der Waals surface area contributed by atoms with Crippen LogP contribution in [0.5, 0.6) is 11.7 Å². The van der Waals surface area contributed by atoms with Crippen molar-refractivity contribution >= 4 is 38.7 Å². The number of carbonyl (C=O) groups is 1. The molecule has 7 nitrogen and oxygen atoms in total. The van der Waals surface area contributed by atoms with Gasteiger partial charge in [-0.2, -0.15) is 0 Å². The maximum atomic E-state index is 10.8. The Morgan fingerprint density at radius 1 is 1.19 bits per heavy atom. The van der Waals surface area contributed by atoms with E-state index in [-0.39, 0.29) is 5.95 Å². The molecule has 0 amide bonds. The lowest BCUT2D eigenvalue weighted by Crippen LogP contribution is -2.46. The molecule has 3 aromatic rings. The van der Waals surface area contributed by atoms with Gasteiger partial charge in [0.25, 0.3) is 5.95 Å². The third-order valence-electron chi connectivity index (χ3n) is 5.22. The van der Waals surface area contributed by atoms with Crippen molar-refractivity contribution in [3.8, 4) is 11.7 Å². The summed E-state index contributed by atoms with van der Waals surface area (Å²) in [6.45, 7) is 8.62. The van der Waals surface area contributed by atoms with Gasteiger partial charge in [-0.05, 0) is 34.1 Å². The number of furan rings is 1. The number of halogens is 1. The molecule has 0 radical (unpaired) electrons. The predicted octanol–water partition coefficient (Wildman–Crippen LogP) is 5.14. The average molecular weight is 487 g/mol. The van der Waals surface area contributed by atoms with Crippen LogP contribution in [0.2, 0.25) is 0 Å². The first-order valence-corrected chi connectivity index (χ1v) is 10.8. The molecule has 1 N–H and O–H groups in total. The highest BCUT2D eigenvalue weighted by molar-refractivity contribution is 9.10. The molecule has 8 heteroatoms. The largest absolute Gasteiger partial charge is 0.513 e. The highest BCUT2D eigenvalue weighted by Crippen LogP contribution is 2.38. The van der Waals surface area contributed by atoms with E-state index in [2.05, 4.69) is 43.1 Å². The van der Waals surface area contributed by atoms with Crippen molar-refractivity contribution in [2.45, 2.75) is 6.54 Å². The molecule has 0 bridgehead atoms. The van der Waals surface area contributed by atoms with Crippen molar-refractivity contribution in [1.82, 2.24) is 4.90 Å². The number of anilines is 1. The first-order chi connectivity index (χ1) is 15.0. The van der Waals surface area contributed by atoms with Gasteiger partial charge in [-0.15, -0.1) is 0 Å². The van der Waals surface area contributed by atoms with Gasteiger partial charge in [-0.1, -0.05) is 30.9 Å². The maximum absolute atomic E-state index is 10.8. The molecule has 0 saturated carbocycles. The SMILES string of the molecule is C=CCOc1ccccc1CN1CCN(c2ccc3oc(OC(=O)O)cc3c2Br)CC1. The van der Waals surface area contributed by atoms with Crippen molar-refractivity contribution in [1.29, 1.82) is 0 Å².